The first kappa shape index (κ1) is 19.6. The van der Waals surface area contributed by atoms with E-state index in [0.717, 1.165) is 0 Å². The molecule has 0 aromatic heterocycles. The molecule has 5 N–H and O–H groups in total. The summed E-state index contributed by atoms with van der Waals surface area (Å²) in [6.45, 7) is 10.1. The molecule has 7 heteroatoms. The number of carbonyl (C=O) groups excluding carboxylic acids is 2. The maximum atomic E-state index is 11.9. The van der Waals surface area contributed by atoms with Crippen LogP contribution in [0, 0.1) is 0 Å². The van der Waals surface area contributed by atoms with Crippen molar-refractivity contribution in [3.63, 3.8) is 0 Å². The molecule has 0 saturated heterocycles. The van der Waals surface area contributed by atoms with Crippen LogP contribution in [0.25, 0.3) is 0 Å². The summed E-state index contributed by atoms with van der Waals surface area (Å²) in [4.78, 5) is 23.4. The molecule has 0 spiro atoms. The van der Waals surface area contributed by atoms with Gasteiger partial charge in [0.25, 0.3) is 5.91 Å². The number of amides is 2. The number of nitrogens with two attached hydrogens (primary N) is 1. The van der Waals surface area contributed by atoms with Gasteiger partial charge in [0.05, 0.1) is 11.4 Å². The second kappa shape index (κ2) is 8.42. The lowest BCUT2D eigenvalue weighted by Crippen LogP contribution is -2.35. The van der Waals surface area contributed by atoms with Gasteiger partial charge in [-0.1, -0.05) is 0 Å². The van der Waals surface area contributed by atoms with Gasteiger partial charge in [0.1, 0.15) is 5.60 Å². The Balaban J connectivity index is 2.46. The van der Waals surface area contributed by atoms with E-state index >= 15 is 0 Å². The predicted octanol–water partition coefficient (Wildman–Crippen LogP) is 2.34. The highest BCUT2D eigenvalue weighted by Gasteiger charge is 2.15. The molecule has 0 bridgehead atoms. The van der Waals surface area contributed by atoms with Gasteiger partial charge in [0.2, 0.25) is 0 Å². The van der Waals surface area contributed by atoms with E-state index in [1.807, 2.05) is 34.6 Å². The number of anilines is 2. The monoisotopic (exact) mass is 336 g/mol. The highest BCUT2D eigenvalue weighted by atomic mass is 16.6. The second-order valence-electron chi connectivity index (χ2n) is 6.79. The minimum atomic E-state index is -0.520. The topological polar surface area (TPSA) is 105 Å². The third-order valence-electron chi connectivity index (χ3n) is 2.84. The number of carbonyl (C=O) groups is 2. The van der Waals surface area contributed by atoms with E-state index in [4.69, 9.17) is 10.5 Å². The molecule has 134 valence electrons. The van der Waals surface area contributed by atoms with Gasteiger partial charge < -0.3 is 26.4 Å². The fraction of sp³-hybridized carbons (Fsp3) is 0.529. The van der Waals surface area contributed by atoms with Crippen molar-refractivity contribution >= 4 is 23.4 Å². The molecular formula is C17H28N4O3. The van der Waals surface area contributed by atoms with Gasteiger partial charge in [-0.2, -0.15) is 0 Å². The minimum Gasteiger partial charge on any atom is -0.444 e. The van der Waals surface area contributed by atoms with Crippen molar-refractivity contribution < 1.29 is 14.3 Å². The van der Waals surface area contributed by atoms with Crippen LogP contribution in [0.1, 0.15) is 45.0 Å². The molecule has 0 aliphatic heterocycles. The van der Waals surface area contributed by atoms with Crippen molar-refractivity contribution in [2.24, 2.45) is 0 Å². The number of ether oxygens (including phenoxy) is 1. The fourth-order valence-electron chi connectivity index (χ4n) is 1.89. The smallest absolute Gasteiger partial charge is 0.407 e. The standard InChI is InChI=1S/C17H28N4O3/c1-11(2)21-15(22)12-6-7-14(13(18)10-12)19-8-9-20-16(23)24-17(3,4)5/h6-7,10-11,19H,8-9,18H2,1-5H3,(H,20,23)(H,21,22). The lowest BCUT2D eigenvalue weighted by molar-refractivity contribution is 0.0530. The van der Waals surface area contributed by atoms with Crippen molar-refractivity contribution in [2.45, 2.75) is 46.3 Å². The highest BCUT2D eigenvalue weighted by molar-refractivity contribution is 5.96. The van der Waals surface area contributed by atoms with Crippen molar-refractivity contribution in [1.82, 2.24) is 10.6 Å². The second-order valence-corrected chi connectivity index (χ2v) is 6.79. The van der Waals surface area contributed by atoms with E-state index in [1.54, 1.807) is 18.2 Å². The summed E-state index contributed by atoms with van der Waals surface area (Å²) in [6, 6.07) is 5.15. The zero-order chi connectivity index (χ0) is 18.3. The normalized spacial score (nSPS) is 11.1. The fourth-order valence-corrected chi connectivity index (χ4v) is 1.89. The Morgan fingerprint density at radius 1 is 1.21 bits per heavy atom. The van der Waals surface area contributed by atoms with Crippen LogP contribution in [0.15, 0.2) is 18.2 Å². The van der Waals surface area contributed by atoms with Crippen LogP contribution in [0.3, 0.4) is 0 Å². The summed E-state index contributed by atoms with van der Waals surface area (Å²) in [7, 11) is 0. The molecule has 0 aliphatic carbocycles. The molecular weight excluding hydrogens is 308 g/mol. The molecule has 0 radical (unpaired) electrons. The average molecular weight is 336 g/mol. The summed E-state index contributed by atoms with van der Waals surface area (Å²) in [5.74, 6) is -0.158. The van der Waals surface area contributed by atoms with E-state index in [0.29, 0.717) is 30.0 Å². The summed E-state index contributed by atoms with van der Waals surface area (Å²) >= 11 is 0. The Morgan fingerprint density at radius 3 is 2.42 bits per heavy atom. The number of nitrogens with one attached hydrogen (secondary N) is 3. The van der Waals surface area contributed by atoms with Gasteiger partial charge in [0.15, 0.2) is 0 Å². The van der Waals surface area contributed by atoms with Crippen LogP contribution in [-0.2, 0) is 4.74 Å². The first-order valence-electron chi connectivity index (χ1n) is 7.99. The molecule has 1 rings (SSSR count). The molecule has 0 unspecified atom stereocenters. The molecule has 2 amide bonds. The molecule has 0 aliphatic rings. The van der Waals surface area contributed by atoms with Crippen LogP contribution < -0.4 is 21.7 Å². The zero-order valence-corrected chi connectivity index (χ0v) is 15.0. The van der Waals surface area contributed by atoms with E-state index in [9.17, 15) is 9.59 Å². The molecule has 1 aromatic carbocycles. The zero-order valence-electron chi connectivity index (χ0n) is 15.0. The van der Waals surface area contributed by atoms with Gasteiger partial charge in [0, 0.05) is 24.7 Å². The number of nitrogen functional groups attached to an aromatic ring is 1. The van der Waals surface area contributed by atoms with Crippen molar-refractivity contribution in [3.05, 3.63) is 23.8 Å². The maximum Gasteiger partial charge on any atom is 0.407 e. The summed E-state index contributed by atoms with van der Waals surface area (Å²) in [6.07, 6.45) is -0.460. The third kappa shape index (κ3) is 7.21. The van der Waals surface area contributed by atoms with Crippen LogP contribution in [0.5, 0.6) is 0 Å². The van der Waals surface area contributed by atoms with Gasteiger partial charge >= 0.3 is 6.09 Å². The number of hydrogen-bond acceptors (Lipinski definition) is 5. The van der Waals surface area contributed by atoms with E-state index < -0.39 is 11.7 Å². The maximum absolute atomic E-state index is 11.9. The molecule has 0 saturated carbocycles. The van der Waals surface area contributed by atoms with Crippen molar-refractivity contribution in [1.29, 1.82) is 0 Å². The molecule has 24 heavy (non-hydrogen) atoms. The van der Waals surface area contributed by atoms with E-state index in [-0.39, 0.29) is 11.9 Å². The number of rotatable bonds is 6. The molecule has 7 nitrogen and oxygen atoms in total. The molecule has 1 aromatic rings. The summed E-state index contributed by atoms with van der Waals surface area (Å²) in [5, 5.41) is 8.58. The Hall–Kier alpha value is -2.44. The number of alkyl carbamates (subject to hydrolysis) is 1. The minimum absolute atomic E-state index is 0.0652. The lowest BCUT2D eigenvalue weighted by atomic mass is 10.1. The van der Waals surface area contributed by atoms with Crippen LogP contribution >= 0.6 is 0 Å². The Kier molecular flexibility index (Phi) is 6.88. The van der Waals surface area contributed by atoms with Crippen molar-refractivity contribution in [2.75, 3.05) is 24.1 Å². The number of benzene rings is 1. The third-order valence-corrected chi connectivity index (χ3v) is 2.84. The van der Waals surface area contributed by atoms with Gasteiger partial charge in [-0.05, 0) is 52.8 Å². The molecule has 0 fully saturated rings. The Labute approximate surface area is 143 Å². The quantitative estimate of drug-likeness (QED) is 0.471. The Bertz CT molecular complexity index is 580. The molecule has 0 atom stereocenters. The summed E-state index contributed by atoms with van der Waals surface area (Å²) < 4.78 is 5.14. The van der Waals surface area contributed by atoms with Gasteiger partial charge in [-0.3, -0.25) is 4.79 Å². The first-order valence-corrected chi connectivity index (χ1v) is 7.99. The number of hydrogen-bond donors (Lipinski definition) is 4. The van der Waals surface area contributed by atoms with Crippen LogP contribution in [0.4, 0.5) is 16.2 Å². The summed E-state index contributed by atoms with van der Waals surface area (Å²) in [5.41, 5.74) is 7.14. The van der Waals surface area contributed by atoms with Crippen LogP contribution in [-0.4, -0.2) is 36.7 Å². The van der Waals surface area contributed by atoms with E-state index in [1.165, 1.54) is 0 Å². The van der Waals surface area contributed by atoms with E-state index in [2.05, 4.69) is 16.0 Å². The van der Waals surface area contributed by atoms with Crippen molar-refractivity contribution in [3.8, 4) is 0 Å². The Morgan fingerprint density at radius 2 is 1.88 bits per heavy atom. The van der Waals surface area contributed by atoms with Gasteiger partial charge in [-0.15, -0.1) is 0 Å². The lowest BCUT2D eigenvalue weighted by Gasteiger charge is -2.19. The van der Waals surface area contributed by atoms with Gasteiger partial charge in [-0.25, -0.2) is 4.79 Å². The predicted molar refractivity (Wildman–Crippen MR) is 96.2 cm³/mol. The first-order chi connectivity index (χ1) is 11.1. The highest BCUT2D eigenvalue weighted by Crippen LogP contribution is 2.19. The SMILES string of the molecule is CC(C)NC(=O)c1ccc(NCCNC(=O)OC(C)(C)C)c(N)c1. The van der Waals surface area contributed by atoms with Crippen LogP contribution in [0.2, 0.25) is 0 Å². The largest absolute Gasteiger partial charge is 0.444 e. The average Bonchev–Trinajstić information content (AvgIpc) is 2.42. The molecule has 0 heterocycles.